The molecular weight excluding hydrogens is 360 g/mol. The molecule has 2 aromatic carbocycles. The SMILES string of the molecule is CC(C)C(=O)OCCc1ccc[cH-]1.CCC(=O)OC.[Fe+2].c1cc[cH-]c1. The Morgan fingerprint density at radius 3 is 2.08 bits per heavy atom. The third-order valence-corrected chi connectivity index (χ3v) is 2.91. The van der Waals surface area contributed by atoms with Gasteiger partial charge in [-0.25, -0.2) is 24.3 Å². The van der Waals surface area contributed by atoms with E-state index in [-0.39, 0.29) is 34.9 Å². The van der Waals surface area contributed by atoms with Crippen molar-refractivity contribution in [2.24, 2.45) is 5.92 Å². The second kappa shape index (κ2) is 17.0. The molecule has 140 valence electrons. The first-order valence-corrected chi connectivity index (χ1v) is 8.12. The third kappa shape index (κ3) is 15.4. The molecule has 0 aliphatic heterocycles. The van der Waals surface area contributed by atoms with Gasteiger partial charge in [0.1, 0.15) is 0 Å². The second-order valence-corrected chi connectivity index (χ2v) is 5.26. The molecule has 0 N–H and O–H groups in total. The Labute approximate surface area is 161 Å². The number of carbonyl (C=O) groups excluding carboxylic acids is 2. The number of rotatable bonds is 5. The molecule has 0 radical (unpaired) electrons. The first-order valence-electron chi connectivity index (χ1n) is 8.12. The van der Waals surface area contributed by atoms with Crippen LogP contribution < -0.4 is 0 Å². The molecule has 0 heterocycles. The Morgan fingerprint density at radius 2 is 1.76 bits per heavy atom. The van der Waals surface area contributed by atoms with Crippen LogP contribution in [0.3, 0.4) is 0 Å². The van der Waals surface area contributed by atoms with Gasteiger partial charge in [0.25, 0.3) is 0 Å². The fraction of sp³-hybridized carbons (Fsp3) is 0.400. The molecule has 0 atom stereocenters. The van der Waals surface area contributed by atoms with Gasteiger partial charge in [-0.1, -0.05) is 20.8 Å². The summed E-state index contributed by atoms with van der Waals surface area (Å²) in [7, 11) is 1.38. The largest absolute Gasteiger partial charge is 2.00 e. The maximum absolute atomic E-state index is 11.0. The van der Waals surface area contributed by atoms with E-state index in [1.807, 2.05) is 68.4 Å². The summed E-state index contributed by atoms with van der Waals surface area (Å²) in [4.78, 5) is 21.0. The van der Waals surface area contributed by atoms with Crippen LogP contribution in [0, 0.1) is 5.92 Å². The van der Waals surface area contributed by atoms with Gasteiger partial charge in [-0.05, 0) is 6.42 Å². The average molecular weight is 388 g/mol. The van der Waals surface area contributed by atoms with Crippen molar-refractivity contribution in [3.63, 3.8) is 0 Å². The molecule has 2 rings (SSSR count). The van der Waals surface area contributed by atoms with Gasteiger partial charge in [0.15, 0.2) is 0 Å². The van der Waals surface area contributed by atoms with Crippen LogP contribution in [0.15, 0.2) is 54.6 Å². The van der Waals surface area contributed by atoms with Gasteiger partial charge in [0, 0.05) is 6.42 Å². The Bertz CT molecular complexity index is 493. The maximum atomic E-state index is 11.0. The van der Waals surface area contributed by atoms with E-state index in [2.05, 4.69) is 4.74 Å². The van der Waals surface area contributed by atoms with E-state index in [1.54, 1.807) is 6.92 Å². The Balaban J connectivity index is 0. The fourth-order valence-corrected chi connectivity index (χ4v) is 1.48. The van der Waals surface area contributed by atoms with Crippen LogP contribution in [0.4, 0.5) is 0 Å². The van der Waals surface area contributed by atoms with Gasteiger partial charge in [0.2, 0.25) is 0 Å². The molecule has 0 saturated heterocycles. The Kier molecular flexibility index (Phi) is 17.3. The summed E-state index contributed by atoms with van der Waals surface area (Å²) in [6.45, 7) is 5.92. The van der Waals surface area contributed by atoms with E-state index in [1.165, 1.54) is 12.7 Å². The summed E-state index contributed by atoms with van der Waals surface area (Å²) < 4.78 is 9.30. The molecule has 0 aliphatic carbocycles. The summed E-state index contributed by atoms with van der Waals surface area (Å²) in [6.07, 6.45) is 1.28. The molecule has 0 spiro atoms. The monoisotopic (exact) mass is 388 g/mol. The minimum Gasteiger partial charge on any atom is -0.469 e. The molecule has 2 aromatic rings. The van der Waals surface area contributed by atoms with Crippen molar-refractivity contribution in [2.45, 2.75) is 33.6 Å². The molecule has 0 unspecified atom stereocenters. The maximum Gasteiger partial charge on any atom is 2.00 e. The van der Waals surface area contributed by atoms with Crippen molar-refractivity contribution in [3.8, 4) is 0 Å². The van der Waals surface area contributed by atoms with E-state index < -0.39 is 0 Å². The van der Waals surface area contributed by atoms with E-state index >= 15 is 0 Å². The first-order chi connectivity index (χ1) is 11.5. The summed E-state index contributed by atoms with van der Waals surface area (Å²) in [5.74, 6) is -0.304. The predicted octanol–water partition coefficient (Wildman–Crippen LogP) is 4.12. The Morgan fingerprint density at radius 1 is 1.12 bits per heavy atom. The number of methoxy groups -OCH3 is 1. The molecule has 0 saturated carbocycles. The normalized spacial score (nSPS) is 8.84. The zero-order chi connectivity index (χ0) is 18.2. The predicted molar refractivity (Wildman–Crippen MR) is 95.9 cm³/mol. The first kappa shape index (κ1) is 25.4. The molecule has 0 aromatic heterocycles. The molecular formula is C20H28FeO4. The topological polar surface area (TPSA) is 52.6 Å². The van der Waals surface area contributed by atoms with Crippen molar-refractivity contribution in [1.82, 2.24) is 0 Å². The number of hydrogen-bond donors (Lipinski definition) is 0. The fourth-order valence-electron chi connectivity index (χ4n) is 1.48. The molecule has 0 aliphatic rings. The number of hydrogen-bond acceptors (Lipinski definition) is 4. The standard InChI is InChI=1S/C11H15O2.C5H5.C4H8O2.Fe/c1-9(2)11(12)13-8-7-10-5-3-4-6-10;1-2-4-5-3-1;1-3-4(5)6-2;/h3-6,9H,7-8H2,1-2H3;1-5H;3H2,1-2H3;/q2*-1;;+2. The van der Waals surface area contributed by atoms with Crippen LogP contribution in [0.1, 0.15) is 32.8 Å². The quantitative estimate of drug-likeness (QED) is 0.439. The van der Waals surface area contributed by atoms with Crippen LogP contribution in [-0.4, -0.2) is 25.7 Å². The van der Waals surface area contributed by atoms with Gasteiger partial charge in [0.05, 0.1) is 19.6 Å². The van der Waals surface area contributed by atoms with Gasteiger partial charge >= 0.3 is 29.0 Å². The minimum atomic E-state index is -0.157. The van der Waals surface area contributed by atoms with Crippen LogP contribution in [-0.2, 0) is 42.6 Å². The van der Waals surface area contributed by atoms with E-state index in [9.17, 15) is 9.59 Å². The van der Waals surface area contributed by atoms with Crippen molar-refractivity contribution < 1.29 is 36.1 Å². The summed E-state index contributed by atoms with van der Waals surface area (Å²) in [6, 6.07) is 18.0. The smallest absolute Gasteiger partial charge is 0.469 e. The van der Waals surface area contributed by atoms with Gasteiger partial charge in [-0.2, -0.15) is 35.9 Å². The molecule has 25 heavy (non-hydrogen) atoms. The van der Waals surface area contributed by atoms with Gasteiger partial charge in [-0.15, -0.1) is 0 Å². The number of esters is 2. The molecule has 0 amide bonds. The minimum absolute atomic E-state index is 0. The number of ether oxygens (including phenoxy) is 2. The third-order valence-electron chi connectivity index (χ3n) is 2.91. The van der Waals surface area contributed by atoms with Crippen LogP contribution in [0.5, 0.6) is 0 Å². The molecule has 4 nitrogen and oxygen atoms in total. The van der Waals surface area contributed by atoms with Gasteiger partial charge in [-0.3, -0.25) is 9.59 Å². The molecule has 0 bridgehead atoms. The number of carbonyl (C=O) groups is 2. The molecule has 0 fully saturated rings. The van der Waals surface area contributed by atoms with Crippen LogP contribution >= 0.6 is 0 Å². The zero-order valence-corrected chi connectivity index (χ0v) is 16.5. The van der Waals surface area contributed by atoms with E-state index in [0.717, 1.165) is 6.42 Å². The summed E-state index contributed by atoms with van der Waals surface area (Å²) in [5, 5.41) is 0. The average Bonchev–Trinajstić information content (AvgIpc) is 3.30. The van der Waals surface area contributed by atoms with E-state index in [4.69, 9.17) is 4.74 Å². The van der Waals surface area contributed by atoms with Crippen molar-refractivity contribution in [1.29, 1.82) is 0 Å². The summed E-state index contributed by atoms with van der Waals surface area (Å²) >= 11 is 0. The molecule has 5 heteroatoms. The van der Waals surface area contributed by atoms with E-state index in [0.29, 0.717) is 13.0 Å². The van der Waals surface area contributed by atoms with Crippen molar-refractivity contribution >= 4 is 11.9 Å². The summed E-state index contributed by atoms with van der Waals surface area (Å²) in [5.41, 5.74) is 1.22. The van der Waals surface area contributed by atoms with Gasteiger partial charge < -0.3 is 9.47 Å². The van der Waals surface area contributed by atoms with Crippen molar-refractivity contribution in [2.75, 3.05) is 13.7 Å². The Hall–Kier alpha value is -1.84. The second-order valence-electron chi connectivity index (χ2n) is 5.26. The van der Waals surface area contributed by atoms with Crippen LogP contribution in [0.2, 0.25) is 0 Å². The zero-order valence-electron chi connectivity index (χ0n) is 15.4. The van der Waals surface area contributed by atoms with Crippen LogP contribution in [0.25, 0.3) is 0 Å². The van der Waals surface area contributed by atoms with Crippen molar-refractivity contribution in [3.05, 3.63) is 60.2 Å².